The van der Waals surface area contributed by atoms with E-state index < -0.39 is 5.41 Å². The molecule has 0 heterocycles. The number of nitrogens with two attached hydrogens (primary N) is 1. The fraction of sp³-hybridized carbons (Fsp3) is 0.625. The van der Waals surface area contributed by atoms with Crippen LogP contribution in [-0.2, 0) is 4.79 Å². The van der Waals surface area contributed by atoms with Gasteiger partial charge in [0.05, 0.1) is 5.41 Å². The quantitative estimate of drug-likeness (QED) is 0.576. The monoisotopic (exact) mass is 156 g/mol. The van der Waals surface area contributed by atoms with E-state index in [0.717, 1.165) is 0 Å². The highest BCUT2D eigenvalue weighted by molar-refractivity contribution is 5.83. The summed E-state index contributed by atoms with van der Waals surface area (Å²) in [6.07, 6.45) is 3.60. The van der Waals surface area contributed by atoms with Crippen molar-refractivity contribution in [3.63, 3.8) is 0 Å². The zero-order valence-electron chi connectivity index (χ0n) is 7.35. The van der Waals surface area contributed by atoms with Gasteiger partial charge in [-0.1, -0.05) is 12.2 Å². The Hall–Kier alpha value is -0.830. The minimum atomic E-state index is -0.450. The van der Waals surface area contributed by atoms with Gasteiger partial charge >= 0.3 is 0 Å². The molecule has 0 aliphatic heterocycles. The second kappa shape index (κ2) is 4.13. The first-order chi connectivity index (χ1) is 5.04. The lowest BCUT2D eigenvalue weighted by Gasteiger charge is -2.17. The van der Waals surface area contributed by atoms with E-state index in [1.165, 1.54) is 0 Å². The summed E-state index contributed by atoms with van der Waals surface area (Å²) in [5.74, 6) is 0.00204. The first kappa shape index (κ1) is 10.2. The Balaban J connectivity index is 4.20. The van der Waals surface area contributed by atoms with Crippen LogP contribution in [0.3, 0.4) is 0 Å². The molecule has 0 atom stereocenters. The third-order valence-electron chi connectivity index (χ3n) is 1.48. The molecule has 11 heavy (non-hydrogen) atoms. The maximum Gasteiger partial charge on any atom is 0.229 e. The van der Waals surface area contributed by atoms with Crippen LogP contribution in [0.15, 0.2) is 12.2 Å². The van der Waals surface area contributed by atoms with E-state index in [2.05, 4.69) is 5.32 Å². The summed E-state index contributed by atoms with van der Waals surface area (Å²) in [5.41, 5.74) is 4.81. The SMILES string of the molecule is CNC(=O)C(C)(C)/C=C/CN. The highest BCUT2D eigenvalue weighted by Gasteiger charge is 2.22. The Kier molecular flexibility index (Phi) is 3.82. The molecule has 0 aromatic heterocycles. The Morgan fingerprint density at radius 1 is 1.64 bits per heavy atom. The third kappa shape index (κ3) is 3.18. The van der Waals surface area contributed by atoms with Gasteiger partial charge in [-0.25, -0.2) is 0 Å². The van der Waals surface area contributed by atoms with E-state index in [1.54, 1.807) is 13.1 Å². The average molecular weight is 156 g/mol. The first-order valence-corrected chi connectivity index (χ1v) is 3.64. The zero-order valence-corrected chi connectivity index (χ0v) is 7.35. The van der Waals surface area contributed by atoms with Crippen molar-refractivity contribution in [2.45, 2.75) is 13.8 Å². The lowest BCUT2D eigenvalue weighted by Crippen LogP contribution is -2.32. The Labute approximate surface area is 67.7 Å². The fourth-order valence-electron chi connectivity index (χ4n) is 0.761. The number of amides is 1. The molecule has 0 aliphatic rings. The van der Waals surface area contributed by atoms with Gasteiger partial charge in [-0.05, 0) is 13.8 Å². The van der Waals surface area contributed by atoms with Crippen LogP contribution < -0.4 is 11.1 Å². The van der Waals surface area contributed by atoms with Crippen LogP contribution in [0.5, 0.6) is 0 Å². The van der Waals surface area contributed by atoms with Gasteiger partial charge in [0.1, 0.15) is 0 Å². The molecule has 0 aromatic carbocycles. The molecule has 0 rings (SSSR count). The number of carbonyl (C=O) groups excluding carboxylic acids is 1. The lowest BCUT2D eigenvalue weighted by atomic mass is 9.92. The predicted molar refractivity (Wildman–Crippen MR) is 46.0 cm³/mol. The number of hydrogen-bond acceptors (Lipinski definition) is 2. The van der Waals surface area contributed by atoms with Crippen LogP contribution in [0, 0.1) is 5.41 Å². The van der Waals surface area contributed by atoms with Crippen molar-refractivity contribution in [3.8, 4) is 0 Å². The van der Waals surface area contributed by atoms with Crippen LogP contribution in [-0.4, -0.2) is 19.5 Å². The molecule has 0 bridgehead atoms. The highest BCUT2D eigenvalue weighted by Crippen LogP contribution is 2.16. The van der Waals surface area contributed by atoms with Crippen LogP contribution >= 0.6 is 0 Å². The molecule has 3 heteroatoms. The molecule has 0 fully saturated rings. The summed E-state index contributed by atoms with van der Waals surface area (Å²) >= 11 is 0. The van der Waals surface area contributed by atoms with Gasteiger partial charge in [0.15, 0.2) is 0 Å². The zero-order chi connectivity index (χ0) is 8.91. The number of carbonyl (C=O) groups is 1. The van der Waals surface area contributed by atoms with Crippen molar-refractivity contribution in [1.82, 2.24) is 5.32 Å². The van der Waals surface area contributed by atoms with Gasteiger partial charge in [-0.15, -0.1) is 0 Å². The van der Waals surface area contributed by atoms with Crippen LogP contribution in [0.2, 0.25) is 0 Å². The number of hydrogen-bond donors (Lipinski definition) is 2. The molecule has 0 spiro atoms. The fourth-order valence-corrected chi connectivity index (χ4v) is 0.761. The number of nitrogens with one attached hydrogen (secondary N) is 1. The maximum atomic E-state index is 11.1. The van der Waals surface area contributed by atoms with Gasteiger partial charge in [0.25, 0.3) is 0 Å². The second-order valence-corrected chi connectivity index (χ2v) is 2.94. The van der Waals surface area contributed by atoms with E-state index >= 15 is 0 Å². The van der Waals surface area contributed by atoms with Crippen molar-refractivity contribution >= 4 is 5.91 Å². The van der Waals surface area contributed by atoms with E-state index in [0.29, 0.717) is 6.54 Å². The minimum absolute atomic E-state index is 0.00204. The van der Waals surface area contributed by atoms with Gasteiger partial charge in [-0.3, -0.25) is 4.79 Å². The van der Waals surface area contributed by atoms with Gasteiger partial charge in [0, 0.05) is 13.6 Å². The Morgan fingerprint density at radius 3 is 2.55 bits per heavy atom. The van der Waals surface area contributed by atoms with Crippen molar-refractivity contribution in [3.05, 3.63) is 12.2 Å². The molecule has 3 N–H and O–H groups in total. The van der Waals surface area contributed by atoms with Gasteiger partial charge in [0.2, 0.25) is 5.91 Å². The predicted octanol–water partition coefficient (Wildman–Crippen LogP) is 0.273. The highest BCUT2D eigenvalue weighted by atomic mass is 16.2. The molecule has 1 amide bonds. The van der Waals surface area contributed by atoms with Crippen LogP contribution in [0.25, 0.3) is 0 Å². The van der Waals surface area contributed by atoms with Gasteiger partial charge < -0.3 is 11.1 Å². The molecular weight excluding hydrogens is 140 g/mol. The summed E-state index contributed by atoms with van der Waals surface area (Å²) < 4.78 is 0. The molecular formula is C8H16N2O. The normalized spacial score (nSPS) is 12.0. The van der Waals surface area contributed by atoms with Crippen LogP contribution in [0.1, 0.15) is 13.8 Å². The van der Waals surface area contributed by atoms with Crippen molar-refractivity contribution in [1.29, 1.82) is 0 Å². The van der Waals surface area contributed by atoms with E-state index in [4.69, 9.17) is 5.73 Å². The summed E-state index contributed by atoms with van der Waals surface area (Å²) in [6, 6.07) is 0. The molecule has 0 aromatic rings. The summed E-state index contributed by atoms with van der Waals surface area (Å²) in [5, 5.41) is 2.58. The molecule has 3 nitrogen and oxygen atoms in total. The topological polar surface area (TPSA) is 55.1 Å². The van der Waals surface area contributed by atoms with E-state index in [9.17, 15) is 4.79 Å². The Morgan fingerprint density at radius 2 is 2.18 bits per heavy atom. The standard InChI is InChI=1S/C8H16N2O/c1-8(2,5-4-6-9)7(11)10-3/h4-5H,6,9H2,1-3H3,(H,10,11)/b5-4+. The largest absolute Gasteiger partial charge is 0.358 e. The van der Waals surface area contributed by atoms with Crippen molar-refractivity contribution in [2.24, 2.45) is 11.1 Å². The van der Waals surface area contributed by atoms with Gasteiger partial charge in [-0.2, -0.15) is 0 Å². The second-order valence-electron chi connectivity index (χ2n) is 2.94. The number of rotatable bonds is 3. The molecule has 0 aliphatic carbocycles. The van der Waals surface area contributed by atoms with Crippen molar-refractivity contribution in [2.75, 3.05) is 13.6 Å². The first-order valence-electron chi connectivity index (χ1n) is 3.64. The van der Waals surface area contributed by atoms with Crippen molar-refractivity contribution < 1.29 is 4.79 Å². The lowest BCUT2D eigenvalue weighted by molar-refractivity contribution is -0.126. The average Bonchev–Trinajstić information content (AvgIpc) is 1.99. The molecule has 0 radical (unpaired) electrons. The Bertz CT molecular complexity index is 161. The third-order valence-corrected chi connectivity index (χ3v) is 1.48. The summed E-state index contributed by atoms with van der Waals surface area (Å²) in [4.78, 5) is 11.1. The maximum absolute atomic E-state index is 11.1. The van der Waals surface area contributed by atoms with E-state index in [1.807, 2.05) is 19.9 Å². The smallest absolute Gasteiger partial charge is 0.229 e. The minimum Gasteiger partial charge on any atom is -0.358 e. The molecule has 64 valence electrons. The van der Waals surface area contributed by atoms with Crippen LogP contribution in [0.4, 0.5) is 0 Å². The summed E-state index contributed by atoms with van der Waals surface area (Å²) in [6.45, 7) is 4.16. The van der Waals surface area contributed by atoms with E-state index in [-0.39, 0.29) is 5.91 Å². The summed E-state index contributed by atoms with van der Waals surface area (Å²) in [7, 11) is 1.63. The molecule has 0 unspecified atom stereocenters. The molecule has 0 saturated carbocycles. The molecule has 0 saturated heterocycles.